The van der Waals surface area contributed by atoms with Gasteiger partial charge in [0.15, 0.2) is 0 Å². The van der Waals surface area contributed by atoms with Crippen LogP contribution in [-0.2, 0) is 6.42 Å². The highest BCUT2D eigenvalue weighted by Gasteiger charge is 2.54. The number of fused-ring (bicyclic) bond motifs is 5. The normalized spacial score (nSPS) is 43.7. The van der Waals surface area contributed by atoms with E-state index in [0.29, 0.717) is 5.41 Å². The lowest BCUT2D eigenvalue weighted by Crippen LogP contribution is -2.38. The summed E-state index contributed by atoms with van der Waals surface area (Å²) < 4.78 is 0. The topological polar surface area (TPSA) is 0 Å². The highest BCUT2D eigenvalue weighted by molar-refractivity contribution is 5.40. The van der Waals surface area contributed by atoms with Crippen molar-refractivity contribution < 1.29 is 0 Å². The van der Waals surface area contributed by atoms with Crippen molar-refractivity contribution in [3.63, 3.8) is 0 Å². The average Bonchev–Trinajstić information content (AvgIpc) is 2.87. The van der Waals surface area contributed by atoms with E-state index in [2.05, 4.69) is 39.0 Å². The van der Waals surface area contributed by atoms with Crippen molar-refractivity contribution in [1.82, 2.24) is 0 Å². The lowest BCUT2D eigenvalue weighted by atomic mass is 9.58. The van der Waals surface area contributed by atoms with Gasteiger partial charge in [0.05, 0.1) is 0 Å². The number of aryl methyl sites for hydroxylation is 1. The Morgan fingerprint density at radius 3 is 2.84 bits per heavy atom. The van der Waals surface area contributed by atoms with Gasteiger partial charge in [-0.3, -0.25) is 0 Å². The fraction of sp³-hybridized carbons (Fsp3) is 0.684. The quantitative estimate of drug-likeness (QED) is 0.604. The van der Waals surface area contributed by atoms with E-state index in [1.807, 2.05) is 0 Å². The molecule has 3 aliphatic carbocycles. The Labute approximate surface area is 117 Å². The predicted octanol–water partition coefficient (Wildman–Crippen LogP) is 5.10. The second-order valence-electron chi connectivity index (χ2n) is 7.81. The second kappa shape index (κ2) is 3.87. The minimum absolute atomic E-state index is 0.651. The zero-order valence-electron chi connectivity index (χ0n) is 12.6. The van der Waals surface area contributed by atoms with Crippen molar-refractivity contribution >= 4 is 0 Å². The summed E-state index contributed by atoms with van der Waals surface area (Å²) in [5.41, 5.74) is 5.48. The van der Waals surface area contributed by atoms with Crippen LogP contribution in [0.2, 0.25) is 0 Å². The fourth-order valence-electron chi connectivity index (χ4n) is 5.75. The van der Waals surface area contributed by atoms with E-state index >= 15 is 0 Å². The molecule has 0 saturated heterocycles. The molecule has 0 aromatic heterocycles. The van der Waals surface area contributed by atoms with E-state index in [4.69, 9.17) is 0 Å². The summed E-state index contributed by atoms with van der Waals surface area (Å²) in [7, 11) is 0. The van der Waals surface area contributed by atoms with Gasteiger partial charge in [0, 0.05) is 0 Å². The Kier molecular flexibility index (Phi) is 2.44. The second-order valence-corrected chi connectivity index (χ2v) is 7.81. The molecular weight excluding hydrogens is 228 g/mol. The molecule has 1 aromatic rings. The smallest absolute Gasteiger partial charge is 0.0125 e. The van der Waals surface area contributed by atoms with Crippen LogP contribution in [0.1, 0.15) is 62.1 Å². The van der Waals surface area contributed by atoms with Crippen LogP contribution < -0.4 is 0 Å². The molecule has 2 saturated carbocycles. The lowest BCUT2D eigenvalue weighted by Gasteiger charge is -2.46. The third-order valence-corrected chi connectivity index (χ3v) is 7.06. The van der Waals surface area contributed by atoms with Crippen LogP contribution in [0.3, 0.4) is 0 Å². The number of hydrogen-bond donors (Lipinski definition) is 0. The van der Waals surface area contributed by atoms with E-state index in [0.717, 1.165) is 23.7 Å². The van der Waals surface area contributed by atoms with E-state index < -0.39 is 0 Å². The molecule has 5 unspecified atom stereocenters. The summed E-state index contributed by atoms with van der Waals surface area (Å²) in [6.45, 7) is 7.34. The minimum Gasteiger partial charge on any atom is -0.0620 e. The minimum atomic E-state index is 0.651. The highest BCUT2D eigenvalue weighted by atomic mass is 14.6. The molecular formula is C19H26. The standard InChI is InChI=1S/C19H26/c1-12-4-6-15-14(10-12)11-17-16(15)8-9-19(3)13(2)5-7-18(17)19/h4,6,10,13,16-18H,5,7-9,11H2,1-3H3. The molecule has 0 heteroatoms. The van der Waals surface area contributed by atoms with Crippen molar-refractivity contribution in [3.8, 4) is 0 Å². The Morgan fingerprint density at radius 2 is 2.00 bits per heavy atom. The van der Waals surface area contributed by atoms with E-state index in [9.17, 15) is 0 Å². The maximum absolute atomic E-state index is 2.60. The largest absolute Gasteiger partial charge is 0.0620 e. The van der Waals surface area contributed by atoms with Crippen molar-refractivity contribution in [3.05, 3.63) is 34.9 Å². The third-order valence-electron chi connectivity index (χ3n) is 7.06. The van der Waals surface area contributed by atoms with Crippen LogP contribution in [0.4, 0.5) is 0 Å². The van der Waals surface area contributed by atoms with Crippen LogP contribution >= 0.6 is 0 Å². The molecule has 2 fully saturated rings. The van der Waals surface area contributed by atoms with Crippen LogP contribution in [0.15, 0.2) is 18.2 Å². The van der Waals surface area contributed by atoms with E-state index in [1.54, 1.807) is 11.1 Å². The van der Waals surface area contributed by atoms with Crippen molar-refractivity contribution in [2.45, 2.75) is 58.8 Å². The number of rotatable bonds is 0. The summed E-state index contributed by atoms with van der Waals surface area (Å²) >= 11 is 0. The molecule has 19 heavy (non-hydrogen) atoms. The first-order valence-corrected chi connectivity index (χ1v) is 8.19. The van der Waals surface area contributed by atoms with Gasteiger partial charge >= 0.3 is 0 Å². The molecule has 0 bridgehead atoms. The molecule has 0 nitrogen and oxygen atoms in total. The molecule has 0 spiro atoms. The SMILES string of the molecule is Cc1ccc2c(c1)CC1C2CCC2(C)C(C)CCC12. The zero-order chi connectivity index (χ0) is 13.2. The lowest BCUT2D eigenvalue weighted by molar-refractivity contribution is 0.0492. The zero-order valence-corrected chi connectivity index (χ0v) is 12.6. The summed E-state index contributed by atoms with van der Waals surface area (Å²) in [5, 5.41) is 0. The summed E-state index contributed by atoms with van der Waals surface area (Å²) in [5.74, 6) is 3.79. The van der Waals surface area contributed by atoms with Crippen molar-refractivity contribution in [2.24, 2.45) is 23.2 Å². The predicted molar refractivity (Wildman–Crippen MR) is 80.3 cm³/mol. The van der Waals surface area contributed by atoms with Gasteiger partial charge in [-0.25, -0.2) is 0 Å². The molecule has 0 radical (unpaired) electrons. The van der Waals surface area contributed by atoms with Crippen LogP contribution in [-0.4, -0.2) is 0 Å². The van der Waals surface area contributed by atoms with Gasteiger partial charge in [0.25, 0.3) is 0 Å². The molecule has 4 rings (SSSR count). The monoisotopic (exact) mass is 254 g/mol. The molecule has 0 N–H and O–H groups in total. The summed E-state index contributed by atoms with van der Waals surface area (Å²) in [4.78, 5) is 0. The van der Waals surface area contributed by atoms with Gasteiger partial charge < -0.3 is 0 Å². The fourth-order valence-corrected chi connectivity index (χ4v) is 5.75. The van der Waals surface area contributed by atoms with Crippen LogP contribution in [0, 0.1) is 30.1 Å². The molecule has 3 aliphatic rings. The van der Waals surface area contributed by atoms with Crippen LogP contribution in [0.5, 0.6) is 0 Å². The summed E-state index contributed by atoms with van der Waals surface area (Å²) in [6, 6.07) is 7.23. The molecule has 102 valence electrons. The maximum Gasteiger partial charge on any atom is -0.0125 e. The van der Waals surface area contributed by atoms with E-state index in [-0.39, 0.29) is 0 Å². The molecule has 0 amide bonds. The van der Waals surface area contributed by atoms with Gasteiger partial charge in [0.2, 0.25) is 0 Å². The van der Waals surface area contributed by atoms with Crippen molar-refractivity contribution in [2.75, 3.05) is 0 Å². The Bertz CT molecular complexity index is 515. The van der Waals surface area contributed by atoms with Gasteiger partial charge in [0.1, 0.15) is 0 Å². The molecule has 1 aromatic carbocycles. The molecule has 0 aliphatic heterocycles. The number of benzene rings is 1. The Balaban J connectivity index is 1.72. The van der Waals surface area contributed by atoms with Crippen molar-refractivity contribution in [1.29, 1.82) is 0 Å². The highest BCUT2D eigenvalue weighted by Crippen LogP contribution is 2.63. The first kappa shape index (κ1) is 12.0. The van der Waals surface area contributed by atoms with Gasteiger partial charge in [-0.15, -0.1) is 0 Å². The third kappa shape index (κ3) is 1.52. The average molecular weight is 254 g/mol. The Morgan fingerprint density at radius 1 is 1.16 bits per heavy atom. The molecule has 5 atom stereocenters. The summed E-state index contributed by atoms with van der Waals surface area (Å²) in [6.07, 6.45) is 7.24. The van der Waals surface area contributed by atoms with E-state index in [1.165, 1.54) is 37.7 Å². The number of hydrogen-bond acceptors (Lipinski definition) is 0. The molecule has 0 heterocycles. The van der Waals surface area contributed by atoms with Gasteiger partial charge in [-0.2, -0.15) is 0 Å². The van der Waals surface area contributed by atoms with Gasteiger partial charge in [-0.05, 0) is 79.2 Å². The van der Waals surface area contributed by atoms with Gasteiger partial charge in [-0.1, -0.05) is 37.6 Å². The first-order valence-electron chi connectivity index (χ1n) is 8.19. The van der Waals surface area contributed by atoms with Crippen LogP contribution in [0.25, 0.3) is 0 Å². The maximum atomic E-state index is 2.60. The first-order chi connectivity index (χ1) is 9.09. The Hall–Kier alpha value is -0.780.